The lowest BCUT2D eigenvalue weighted by Gasteiger charge is -2.20. The van der Waals surface area contributed by atoms with E-state index in [1.165, 1.54) is 11.8 Å². The first-order valence-electron chi connectivity index (χ1n) is 8.65. The number of para-hydroxylation sites is 1. The molecule has 0 bridgehead atoms. The molecule has 140 valence electrons. The van der Waals surface area contributed by atoms with Gasteiger partial charge in [-0.1, -0.05) is 42.1 Å². The van der Waals surface area contributed by atoms with Gasteiger partial charge in [-0.2, -0.15) is 0 Å². The molecule has 3 aromatic rings. The van der Waals surface area contributed by atoms with Crippen LogP contribution < -0.4 is 9.64 Å². The Balaban J connectivity index is 1.52. The zero-order valence-electron chi connectivity index (χ0n) is 15.3. The molecule has 2 aromatic carbocycles. The van der Waals surface area contributed by atoms with Crippen molar-refractivity contribution in [1.82, 2.24) is 10.2 Å². The first-order valence-corrected chi connectivity index (χ1v) is 9.64. The van der Waals surface area contributed by atoms with E-state index in [4.69, 9.17) is 9.15 Å². The zero-order chi connectivity index (χ0) is 19.1. The highest BCUT2D eigenvalue weighted by molar-refractivity contribution is 7.99. The van der Waals surface area contributed by atoms with E-state index in [1.807, 2.05) is 68.4 Å². The van der Waals surface area contributed by atoms with E-state index in [0.29, 0.717) is 17.7 Å². The molecule has 0 saturated carbocycles. The number of rotatable bonds is 8. The van der Waals surface area contributed by atoms with Gasteiger partial charge in [0.1, 0.15) is 5.75 Å². The van der Waals surface area contributed by atoms with E-state index in [2.05, 4.69) is 10.2 Å². The highest BCUT2D eigenvalue weighted by Gasteiger charge is 2.16. The number of thioether (sulfide) groups is 1. The van der Waals surface area contributed by atoms with Crippen LogP contribution in [0.15, 0.2) is 64.2 Å². The summed E-state index contributed by atoms with van der Waals surface area (Å²) in [6.45, 7) is 4.74. The van der Waals surface area contributed by atoms with Crippen LogP contribution in [0.5, 0.6) is 5.75 Å². The van der Waals surface area contributed by atoms with E-state index in [1.54, 1.807) is 4.90 Å². The van der Waals surface area contributed by atoms with Crippen molar-refractivity contribution in [3.63, 3.8) is 0 Å². The van der Waals surface area contributed by atoms with Crippen LogP contribution in [0.2, 0.25) is 0 Å². The Kier molecular flexibility index (Phi) is 6.49. The van der Waals surface area contributed by atoms with Gasteiger partial charge in [-0.3, -0.25) is 4.79 Å². The summed E-state index contributed by atoms with van der Waals surface area (Å²) in [5.74, 6) is 1.34. The van der Waals surface area contributed by atoms with Crippen LogP contribution in [0.25, 0.3) is 0 Å². The molecular weight excluding hydrogens is 362 g/mol. The Morgan fingerprint density at radius 2 is 1.96 bits per heavy atom. The molecule has 1 heterocycles. The quantitative estimate of drug-likeness (QED) is 0.546. The van der Waals surface area contributed by atoms with Gasteiger partial charge >= 0.3 is 0 Å². The average molecular weight is 383 g/mol. The number of carbonyl (C=O) groups excluding carboxylic acids is 1. The predicted octanol–water partition coefficient (Wildman–Crippen LogP) is 4.10. The van der Waals surface area contributed by atoms with E-state index in [0.717, 1.165) is 17.0 Å². The third-order valence-corrected chi connectivity index (χ3v) is 4.61. The number of amides is 1. The van der Waals surface area contributed by atoms with Crippen LogP contribution in [-0.4, -0.2) is 28.4 Å². The Bertz CT molecular complexity index is 883. The minimum absolute atomic E-state index is 0.00976. The van der Waals surface area contributed by atoms with Crippen molar-refractivity contribution in [3.05, 3.63) is 66.1 Å². The van der Waals surface area contributed by atoms with Crippen molar-refractivity contribution in [2.75, 3.05) is 17.2 Å². The Labute approximate surface area is 162 Å². The number of aryl methyl sites for hydroxylation is 1. The summed E-state index contributed by atoms with van der Waals surface area (Å²) in [5, 5.41) is 8.30. The first-order chi connectivity index (χ1) is 13.2. The molecule has 0 unspecified atom stereocenters. The minimum Gasteiger partial charge on any atom is -0.484 e. The van der Waals surface area contributed by atoms with Crippen LogP contribution in [0, 0.1) is 6.92 Å². The molecule has 0 saturated heterocycles. The van der Waals surface area contributed by atoms with Gasteiger partial charge in [0.15, 0.2) is 6.61 Å². The fourth-order valence-corrected chi connectivity index (χ4v) is 3.17. The smallest absolute Gasteiger partial charge is 0.277 e. The van der Waals surface area contributed by atoms with Gasteiger partial charge in [0, 0.05) is 12.2 Å². The second kappa shape index (κ2) is 9.23. The highest BCUT2D eigenvalue weighted by Crippen LogP contribution is 2.20. The second-order valence-corrected chi connectivity index (χ2v) is 6.76. The lowest BCUT2D eigenvalue weighted by molar-refractivity contribution is -0.116. The number of anilines is 1. The van der Waals surface area contributed by atoms with Gasteiger partial charge in [-0.15, -0.1) is 10.2 Å². The maximum Gasteiger partial charge on any atom is 0.277 e. The molecule has 0 N–H and O–H groups in total. The first kappa shape index (κ1) is 19.0. The Hall–Kier alpha value is -2.80. The molecule has 0 aliphatic heterocycles. The van der Waals surface area contributed by atoms with Crippen molar-refractivity contribution in [2.45, 2.75) is 25.7 Å². The van der Waals surface area contributed by atoms with E-state index < -0.39 is 0 Å². The summed E-state index contributed by atoms with van der Waals surface area (Å²) in [6.07, 6.45) is 0. The largest absolute Gasteiger partial charge is 0.484 e. The summed E-state index contributed by atoms with van der Waals surface area (Å²) in [5.41, 5.74) is 2.00. The third kappa shape index (κ3) is 5.34. The van der Waals surface area contributed by atoms with Gasteiger partial charge in [0.25, 0.3) is 11.1 Å². The molecule has 6 nitrogen and oxygen atoms in total. The van der Waals surface area contributed by atoms with Gasteiger partial charge in [-0.05, 0) is 43.7 Å². The van der Waals surface area contributed by atoms with Crippen molar-refractivity contribution < 1.29 is 13.9 Å². The Morgan fingerprint density at radius 1 is 1.15 bits per heavy atom. The van der Waals surface area contributed by atoms with Crippen LogP contribution in [0.3, 0.4) is 0 Å². The van der Waals surface area contributed by atoms with Crippen molar-refractivity contribution >= 4 is 23.4 Å². The molecule has 27 heavy (non-hydrogen) atoms. The van der Waals surface area contributed by atoms with Gasteiger partial charge in [0.05, 0.1) is 5.75 Å². The fourth-order valence-electron chi connectivity index (χ4n) is 2.52. The van der Waals surface area contributed by atoms with Crippen LogP contribution in [-0.2, 0) is 11.4 Å². The maximum atomic E-state index is 12.5. The van der Waals surface area contributed by atoms with Crippen molar-refractivity contribution in [2.24, 2.45) is 0 Å². The average Bonchev–Trinajstić information content (AvgIpc) is 3.14. The lowest BCUT2D eigenvalue weighted by atomic mass is 10.2. The monoisotopic (exact) mass is 383 g/mol. The van der Waals surface area contributed by atoms with Crippen LogP contribution in [0.4, 0.5) is 5.69 Å². The summed E-state index contributed by atoms with van der Waals surface area (Å²) in [6, 6.07) is 17.3. The Morgan fingerprint density at radius 3 is 2.70 bits per heavy atom. The zero-order valence-corrected chi connectivity index (χ0v) is 16.1. The second-order valence-electron chi connectivity index (χ2n) is 5.83. The normalized spacial score (nSPS) is 10.6. The minimum atomic E-state index is -0.00976. The topological polar surface area (TPSA) is 68.5 Å². The molecule has 0 fully saturated rings. The number of aromatic nitrogens is 2. The number of carbonyl (C=O) groups is 1. The summed E-state index contributed by atoms with van der Waals surface area (Å²) >= 11 is 1.22. The van der Waals surface area contributed by atoms with Crippen LogP contribution >= 0.6 is 11.8 Å². The molecule has 0 aliphatic carbocycles. The van der Waals surface area contributed by atoms with Crippen molar-refractivity contribution in [1.29, 1.82) is 0 Å². The summed E-state index contributed by atoms with van der Waals surface area (Å²) in [7, 11) is 0. The fraction of sp³-hybridized carbons (Fsp3) is 0.250. The van der Waals surface area contributed by atoms with Gasteiger partial charge in [-0.25, -0.2) is 0 Å². The molecule has 0 atom stereocenters. The maximum absolute atomic E-state index is 12.5. The summed E-state index contributed by atoms with van der Waals surface area (Å²) in [4.78, 5) is 14.2. The number of hydrogen-bond acceptors (Lipinski definition) is 6. The number of ether oxygens (including phenoxy) is 1. The number of hydrogen-bond donors (Lipinski definition) is 0. The van der Waals surface area contributed by atoms with E-state index >= 15 is 0 Å². The molecule has 0 aliphatic rings. The molecule has 3 rings (SSSR count). The lowest BCUT2D eigenvalue weighted by Crippen LogP contribution is -2.32. The molecule has 1 aromatic heterocycles. The van der Waals surface area contributed by atoms with Crippen molar-refractivity contribution in [3.8, 4) is 5.75 Å². The number of benzene rings is 2. The number of nitrogens with zero attached hydrogens (tertiary/aromatic N) is 3. The summed E-state index contributed by atoms with van der Waals surface area (Å²) < 4.78 is 11.2. The van der Waals surface area contributed by atoms with E-state index in [-0.39, 0.29) is 18.3 Å². The third-order valence-electron chi connectivity index (χ3n) is 3.80. The molecule has 1 amide bonds. The van der Waals surface area contributed by atoms with E-state index in [9.17, 15) is 4.79 Å². The molecule has 7 heteroatoms. The SMILES string of the molecule is CCN(C(=O)CSc1nnc(COc2cccc(C)c2)o1)c1ccccc1. The van der Waals surface area contributed by atoms with Gasteiger partial charge in [0.2, 0.25) is 5.91 Å². The molecule has 0 radical (unpaired) electrons. The molecule has 0 spiro atoms. The van der Waals surface area contributed by atoms with Crippen LogP contribution in [0.1, 0.15) is 18.4 Å². The predicted molar refractivity (Wildman–Crippen MR) is 105 cm³/mol. The standard InChI is InChI=1S/C20H21N3O3S/c1-3-23(16-9-5-4-6-10-16)19(24)14-27-20-22-21-18(26-20)13-25-17-11-7-8-15(2)12-17/h4-12H,3,13-14H2,1-2H3. The molecular formula is C20H21N3O3S. The highest BCUT2D eigenvalue weighted by atomic mass is 32.2. The van der Waals surface area contributed by atoms with Gasteiger partial charge < -0.3 is 14.1 Å².